The van der Waals surface area contributed by atoms with Gasteiger partial charge in [0.25, 0.3) is 0 Å². The van der Waals surface area contributed by atoms with E-state index in [1.54, 1.807) is 0 Å². The Morgan fingerprint density at radius 2 is 1.80 bits per heavy atom. The molecule has 2 fully saturated rings. The zero-order chi connectivity index (χ0) is 18.1. The van der Waals surface area contributed by atoms with Crippen LogP contribution in [0.1, 0.15) is 32.1 Å². The van der Waals surface area contributed by atoms with Crippen LogP contribution in [0.5, 0.6) is 0 Å². The summed E-state index contributed by atoms with van der Waals surface area (Å²) in [6, 6.07) is 2.85. The largest absolute Gasteiger partial charge is 0.368 e. The topological polar surface area (TPSA) is 75.4 Å². The van der Waals surface area contributed by atoms with Crippen LogP contribution in [0.3, 0.4) is 0 Å². The number of fused-ring (bicyclic) bond motifs is 1. The summed E-state index contributed by atoms with van der Waals surface area (Å²) in [6.45, 7) is 0.103. The first-order valence-electron chi connectivity index (χ1n) is 8.36. The van der Waals surface area contributed by atoms with E-state index in [2.05, 4.69) is 5.32 Å². The third kappa shape index (κ3) is 4.05. The number of nitrogens with zero attached hydrogens (tertiary/aromatic N) is 1. The number of hydrogen-bond donors (Lipinski definition) is 2. The first-order valence-corrected chi connectivity index (χ1v) is 9.49. The Morgan fingerprint density at radius 3 is 2.52 bits per heavy atom. The van der Waals surface area contributed by atoms with E-state index in [-0.39, 0.29) is 30.4 Å². The van der Waals surface area contributed by atoms with Crippen molar-refractivity contribution < 1.29 is 9.59 Å². The number of carbonyl (C=O) groups is 2. The van der Waals surface area contributed by atoms with Crippen LogP contribution in [0.4, 0.5) is 5.69 Å². The van der Waals surface area contributed by atoms with Gasteiger partial charge >= 0.3 is 0 Å². The van der Waals surface area contributed by atoms with E-state index in [4.69, 9.17) is 40.5 Å². The van der Waals surface area contributed by atoms with Crippen LogP contribution in [0.15, 0.2) is 12.1 Å². The molecule has 1 aromatic carbocycles. The summed E-state index contributed by atoms with van der Waals surface area (Å²) in [5, 5.41) is 3.70. The number of halogens is 3. The van der Waals surface area contributed by atoms with Gasteiger partial charge in [-0.2, -0.15) is 0 Å². The quantitative estimate of drug-likeness (QED) is 0.751. The number of hydrogen-bond acceptors (Lipinski definition) is 3. The van der Waals surface area contributed by atoms with Crippen LogP contribution in [-0.2, 0) is 9.59 Å². The molecule has 2 amide bonds. The molecular weight excluding hydrogens is 385 g/mol. The van der Waals surface area contributed by atoms with Crippen molar-refractivity contribution in [1.82, 2.24) is 4.90 Å². The zero-order valence-corrected chi connectivity index (χ0v) is 15.9. The van der Waals surface area contributed by atoms with E-state index in [0.29, 0.717) is 26.7 Å². The van der Waals surface area contributed by atoms with Crippen molar-refractivity contribution in [3.8, 4) is 0 Å². The van der Waals surface area contributed by atoms with Crippen LogP contribution in [0, 0.1) is 5.92 Å². The first-order chi connectivity index (χ1) is 11.9. The highest BCUT2D eigenvalue weighted by Crippen LogP contribution is 2.39. The lowest BCUT2D eigenvalue weighted by molar-refractivity contribution is -0.124. The Bertz CT molecular complexity index is 698. The molecule has 0 bridgehead atoms. The van der Waals surface area contributed by atoms with E-state index in [9.17, 15) is 9.59 Å². The first kappa shape index (κ1) is 18.8. The van der Waals surface area contributed by atoms with Gasteiger partial charge in [0, 0.05) is 6.04 Å². The van der Waals surface area contributed by atoms with Crippen LogP contribution in [0.25, 0.3) is 0 Å². The van der Waals surface area contributed by atoms with Gasteiger partial charge in [0.1, 0.15) is 0 Å². The summed E-state index contributed by atoms with van der Waals surface area (Å²) in [5.41, 5.74) is 5.96. The number of nitrogens with two attached hydrogens (primary N) is 1. The molecule has 5 nitrogen and oxygen atoms in total. The molecule has 0 radical (unpaired) electrons. The molecule has 1 saturated heterocycles. The van der Waals surface area contributed by atoms with Gasteiger partial charge in [0.05, 0.1) is 33.3 Å². The predicted molar refractivity (Wildman–Crippen MR) is 100 cm³/mol. The molecule has 1 aliphatic carbocycles. The molecule has 25 heavy (non-hydrogen) atoms. The van der Waals surface area contributed by atoms with Crippen molar-refractivity contribution in [2.45, 2.75) is 44.2 Å². The summed E-state index contributed by atoms with van der Waals surface area (Å²) in [6.07, 6.45) is 5.11. The van der Waals surface area contributed by atoms with E-state index in [1.165, 1.54) is 18.6 Å². The monoisotopic (exact) mass is 403 g/mol. The van der Waals surface area contributed by atoms with Crippen molar-refractivity contribution >= 4 is 52.3 Å². The standard InChI is InChI=1S/C17H20Cl3N3O2/c18-10-6-12(20)13(7-11(10)19)22-16(24)8-23-14-4-2-1-3-9(14)5-15(23)17(21)25/h6-7,9,14-15H,1-5,8H2,(H2,21,25)(H,22,24)/t9-,14+,15-/m0/s1. The highest BCUT2D eigenvalue weighted by atomic mass is 35.5. The van der Waals surface area contributed by atoms with Gasteiger partial charge in [-0.25, -0.2) is 0 Å². The number of primary amides is 1. The van der Waals surface area contributed by atoms with Gasteiger partial charge in [-0.15, -0.1) is 0 Å². The summed E-state index contributed by atoms with van der Waals surface area (Å²) in [5.74, 6) is -0.180. The fourth-order valence-electron chi connectivity index (χ4n) is 4.03. The Morgan fingerprint density at radius 1 is 1.12 bits per heavy atom. The van der Waals surface area contributed by atoms with Crippen molar-refractivity contribution in [2.75, 3.05) is 11.9 Å². The lowest BCUT2D eigenvalue weighted by Crippen LogP contribution is -2.48. The molecule has 8 heteroatoms. The second kappa shape index (κ2) is 7.70. The van der Waals surface area contributed by atoms with Gasteiger partial charge in [-0.05, 0) is 37.3 Å². The minimum absolute atomic E-state index is 0.103. The smallest absolute Gasteiger partial charge is 0.238 e. The van der Waals surface area contributed by atoms with Crippen molar-refractivity contribution in [3.05, 3.63) is 27.2 Å². The maximum absolute atomic E-state index is 12.5. The van der Waals surface area contributed by atoms with Gasteiger partial charge in [0.15, 0.2) is 0 Å². The lowest BCUT2D eigenvalue weighted by Gasteiger charge is -2.32. The van der Waals surface area contributed by atoms with E-state index in [1.807, 2.05) is 4.90 Å². The molecule has 0 spiro atoms. The summed E-state index contributed by atoms with van der Waals surface area (Å²) in [4.78, 5) is 26.3. The van der Waals surface area contributed by atoms with Gasteiger partial charge < -0.3 is 11.1 Å². The normalized spacial score (nSPS) is 26.3. The minimum atomic E-state index is -0.386. The van der Waals surface area contributed by atoms with E-state index in [0.717, 1.165) is 25.7 Å². The fraction of sp³-hybridized carbons (Fsp3) is 0.529. The van der Waals surface area contributed by atoms with Crippen LogP contribution in [-0.4, -0.2) is 35.3 Å². The second-order valence-corrected chi connectivity index (χ2v) is 7.95. The Balaban J connectivity index is 1.72. The van der Waals surface area contributed by atoms with Gasteiger partial charge in [0.2, 0.25) is 11.8 Å². The molecule has 0 aromatic heterocycles. The molecule has 0 unspecified atom stereocenters. The molecule has 1 aliphatic heterocycles. The van der Waals surface area contributed by atoms with Gasteiger partial charge in [-0.1, -0.05) is 47.6 Å². The minimum Gasteiger partial charge on any atom is -0.368 e. The highest BCUT2D eigenvalue weighted by molar-refractivity contribution is 6.44. The molecule has 2 aliphatic rings. The summed E-state index contributed by atoms with van der Waals surface area (Å²) in [7, 11) is 0. The molecule has 3 rings (SSSR count). The van der Waals surface area contributed by atoms with Gasteiger partial charge in [-0.3, -0.25) is 14.5 Å². The Hall–Kier alpha value is -1.01. The van der Waals surface area contributed by atoms with Crippen LogP contribution in [0.2, 0.25) is 15.1 Å². The SMILES string of the molecule is NC(=O)[C@@H]1C[C@@H]2CCCC[C@H]2N1CC(=O)Nc1cc(Cl)c(Cl)cc1Cl. The number of carbonyl (C=O) groups excluding carboxylic acids is 2. The van der Waals surface area contributed by atoms with E-state index >= 15 is 0 Å². The zero-order valence-electron chi connectivity index (χ0n) is 13.6. The van der Waals surface area contributed by atoms with Crippen molar-refractivity contribution in [3.63, 3.8) is 0 Å². The summed E-state index contributed by atoms with van der Waals surface area (Å²) < 4.78 is 0. The number of anilines is 1. The highest BCUT2D eigenvalue weighted by Gasteiger charge is 2.44. The fourth-order valence-corrected chi connectivity index (χ4v) is 4.63. The second-order valence-electron chi connectivity index (χ2n) is 6.73. The third-order valence-corrected chi connectivity index (χ3v) is 6.19. The Labute approximate surface area is 161 Å². The number of likely N-dealkylation sites (tertiary alicyclic amines) is 1. The average molecular weight is 405 g/mol. The van der Waals surface area contributed by atoms with Crippen molar-refractivity contribution in [2.24, 2.45) is 11.7 Å². The number of amides is 2. The lowest BCUT2D eigenvalue weighted by atomic mass is 9.84. The summed E-state index contributed by atoms with van der Waals surface area (Å²) >= 11 is 18.0. The Kier molecular flexibility index (Phi) is 5.78. The maximum Gasteiger partial charge on any atom is 0.238 e. The molecular formula is C17H20Cl3N3O2. The maximum atomic E-state index is 12.5. The molecule has 3 atom stereocenters. The van der Waals surface area contributed by atoms with Crippen molar-refractivity contribution in [1.29, 1.82) is 0 Å². The molecule has 3 N–H and O–H groups in total. The molecule has 1 aromatic rings. The average Bonchev–Trinajstić information content (AvgIpc) is 2.91. The van der Waals surface area contributed by atoms with E-state index < -0.39 is 0 Å². The van der Waals surface area contributed by atoms with Crippen LogP contribution >= 0.6 is 34.8 Å². The molecule has 136 valence electrons. The third-order valence-electron chi connectivity index (χ3n) is 5.16. The number of rotatable bonds is 4. The number of benzene rings is 1. The van der Waals surface area contributed by atoms with Crippen LogP contribution < -0.4 is 11.1 Å². The molecule has 1 saturated carbocycles. The predicted octanol–water partition coefficient (Wildman–Crippen LogP) is 3.70. The molecule has 1 heterocycles. The number of nitrogens with one attached hydrogen (secondary N) is 1.